The quantitative estimate of drug-likeness (QED) is 0.804. The maximum absolute atomic E-state index is 12.0. The van der Waals surface area contributed by atoms with Gasteiger partial charge in [-0.25, -0.2) is 0 Å². The molecule has 0 atom stereocenters. The lowest BCUT2D eigenvalue weighted by Gasteiger charge is -2.31. The Labute approximate surface area is 137 Å². The lowest BCUT2D eigenvalue weighted by atomic mass is 10.1. The number of anilines is 1. The van der Waals surface area contributed by atoms with Gasteiger partial charge in [-0.3, -0.25) is 14.5 Å². The predicted octanol–water partition coefficient (Wildman–Crippen LogP) is 0.551. The third-order valence-electron chi connectivity index (χ3n) is 4.08. The molecule has 1 aliphatic rings. The molecule has 1 aliphatic heterocycles. The van der Waals surface area contributed by atoms with E-state index < -0.39 is 0 Å². The molecule has 6 nitrogen and oxygen atoms in total. The Balaban J connectivity index is 1.72. The number of rotatable bonds is 6. The summed E-state index contributed by atoms with van der Waals surface area (Å²) < 4.78 is 0. The van der Waals surface area contributed by atoms with Crippen LogP contribution in [0.4, 0.5) is 5.69 Å². The number of nitrogens with one attached hydrogen (secondary N) is 2. The molecule has 1 aromatic carbocycles. The van der Waals surface area contributed by atoms with Crippen LogP contribution in [-0.2, 0) is 16.0 Å². The predicted molar refractivity (Wildman–Crippen MR) is 91.4 cm³/mol. The summed E-state index contributed by atoms with van der Waals surface area (Å²) in [7, 11) is 2.08. The van der Waals surface area contributed by atoms with Gasteiger partial charge in [0.25, 0.3) is 0 Å². The molecule has 1 heterocycles. The Hall–Kier alpha value is -1.92. The number of carbonyl (C=O) groups excluding carboxylic acids is 2. The van der Waals surface area contributed by atoms with Crippen LogP contribution in [0.3, 0.4) is 0 Å². The average Bonchev–Trinajstić information content (AvgIpc) is 2.55. The number of hydrogen-bond donors (Lipinski definition) is 2. The molecule has 2 rings (SSSR count). The summed E-state index contributed by atoms with van der Waals surface area (Å²) in [5.41, 5.74) is 1.90. The fourth-order valence-corrected chi connectivity index (χ4v) is 2.59. The van der Waals surface area contributed by atoms with E-state index in [4.69, 9.17) is 0 Å². The van der Waals surface area contributed by atoms with Gasteiger partial charge in [-0.1, -0.05) is 25.1 Å². The first-order valence-corrected chi connectivity index (χ1v) is 8.14. The van der Waals surface area contributed by atoms with Gasteiger partial charge in [-0.05, 0) is 25.1 Å². The number of nitrogens with zero attached hydrogens (tertiary/aromatic N) is 2. The summed E-state index contributed by atoms with van der Waals surface area (Å²) >= 11 is 0. The molecule has 0 saturated carbocycles. The van der Waals surface area contributed by atoms with E-state index in [-0.39, 0.29) is 18.4 Å². The second-order valence-electron chi connectivity index (χ2n) is 5.92. The number of piperazine rings is 1. The SMILES string of the molecule is CCc1ccccc1NC(=O)CNC(=O)CN1CCN(C)CC1. The van der Waals surface area contributed by atoms with Gasteiger partial charge in [0.1, 0.15) is 0 Å². The molecule has 0 aromatic heterocycles. The molecule has 2 amide bonds. The topological polar surface area (TPSA) is 64.7 Å². The van der Waals surface area contributed by atoms with Crippen molar-refractivity contribution in [1.82, 2.24) is 15.1 Å². The van der Waals surface area contributed by atoms with E-state index in [1.807, 2.05) is 31.2 Å². The second-order valence-corrected chi connectivity index (χ2v) is 5.92. The minimum Gasteiger partial charge on any atom is -0.346 e. The van der Waals surface area contributed by atoms with Crippen molar-refractivity contribution in [3.63, 3.8) is 0 Å². The molecular formula is C17H26N4O2. The molecule has 126 valence electrons. The maximum atomic E-state index is 12.0. The minimum absolute atomic E-state index is 0.00459. The van der Waals surface area contributed by atoms with Gasteiger partial charge in [0.2, 0.25) is 11.8 Å². The normalized spacial score (nSPS) is 16.1. The number of benzene rings is 1. The monoisotopic (exact) mass is 318 g/mol. The van der Waals surface area contributed by atoms with Crippen LogP contribution in [0.2, 0.25) is 0 Å². The zero-order chi connectivity index (χ0) is 16.7. The van der Waals surface area contributed by atoms with E-state index in [1.54, 1.807) is 0 Å². The fourth-order valence-electron chi connectivity index (χ4n) is 2.59. The van der Waals surface area contributed by atoms with Crippen molar-refractivity contribution in [2.24, 2.45) is 0 Å². The molecule has 1 fully saturated rings. The van der Waals surface area contributed by atoms with E-state index in [9.17, 15) is 9.59 Å². The molecule has 1 saturated heterocycles. The lowest BCUT2D eigenvalue weighted by Crippen LogP contribution is -2.48. The standard InChI is InChI=1S/C17H26N4O2/c1-3-14-6-4-5-7-15(14)19-16(22)12-18-17(23)13-21-10-8-20(2)9-11-21/h4-7H,3,8-13H2,1-2H3,(H,18,23)(H,19,22). The molecule has 0 radical (unpaired) electrons. The van der Waals surface area contributed by atoms with Gasteiger partial charge in [0, 0.05) is 31.9 Å². The first kappa shape index (κ1) is 17.4. The van der Waals surface area contributed by atoms with Crippen molar-refractivity contribution in [2.45, 2.75) is 13.3 Å². The lowest BCUT2D eigenvalue weighted by molar-refractivity contribution is -0.125. The Kier molecular flexibility index (Phi) is 6.55. The largest absolute Gasteiger partial charge is 0.346 e. The van der Waals surface area contributed by atoms with Gasteiger partial charge in [0.05, 0.1) is 13.1 Å². The van der Waals surface area contributed by atoms with Crippen molar-refractivity contribution < 1.29 is 9.59 Å². The van der Waals surface area contributed by atoms with Gasteiger partial charge < -0.3 is 15.5 Å². The number of amides is 2. The van der Waals surface area contributed by atoms with Crippen LogP contribution >= 0.6 is 0 Å². The van der Waals surface area contributed by atoms with E-state index in [0.29, 0.717) is 6.54 Å². The average molecular weight is 318 g/mol. The number of aryl methyl sites for hydroxylation is 1. The van der Waals surface area contributed by atoms with Crippen LogP contribution in [0.25, 0.3) is 0 Å². The summed E-state index contributed by atoms with van der Waals surface area (Å²) in [5, 5.41) is 5.54. The van der Waals surface area contributed by atoms with Crippen molar-refractivity contribution in [3.05, 3.63) is 29.8 Å². The van der Waals surface area contributed by atoms with Crippen LogP contribution in [0.1, 0.15) is 12.5 Å². The molecule has 0 aliphatic carbocycles. The van der Waals surface area contributed by atoms with Crippen molar-refractivity contribution >= 4 is 17.5 Å². The summed E-state index contributed by atoms with van der Waals surface area (Å²) in [6, 6.07) is 7.71. The second kappa shape index (κ2) is 8.64. The van der Waals surface area contributed by atoms with E-state index >= 15 is 0 Å². The van der Waals surface area contributed by atoms with Crippen molar-refractivity contribution in [1.29, 1.82) is 0 Å². The number of para-hydroxylation sites is 1. The van der Waals surface area contributed by atoms with Gasteiger partial charge >= 0.3 is 0 Å². The van der Waals surface area contributed by atoms with Crippen LogP contribution in [0.5, 0.6) is 0 Å². The summed E-state index contributed by atoms with van der Waals surface area (Å²) in [4.78, 5) is 28.3. The van der Waals surface area contributed by atoms with Gasteiger partial charge in [-0.15, -0.1) is 0 Å². The molecular weight excluding hydrogens is 292 g/mol. The van der Waals surface area contributed by atoms with E-state index in [2.05, 4.69) is 27.5 Å². The summed E-state index contributed by atoms with van der Waals surface area (Å²) in [6.07, 6.45) is 0.853. The highest BCUT2D eigenvalue weighted by Gasteiger charge is 2.16. The Bertz CT molecular complexity index is 539. The molecule has 0 spiro atoms. The van der Waals surface area contributed by atoms with E-state index in [0.717, 1.165) is 43.9 Å². The Morgan fingerprint density at radius 2 is 1.78 bits per heavy atom. The molecule has 2 N–H and O–H groups in total. The van der Waals surface area contributed by atoms with Crippen molar-refractivity contribution in [2.75, 3.05) is 51.6 Å². The zero-order valence-corrected chi connectivity index (χ0v) is 14.0. The summed E-state index contributed by atoms with van der Waals surface area (Å²) in [5.74, 6) is -0.300. The van der Waals surface area contributed by atoms with E-state index in [1.165, 1.54) is 0 Å². The molecule has 0 bridgehead atoms. The minimum atomic E-state index is -0.197. The van der Waals surface area contributed by atoms with Crippen LogP contribution < -0.4 is 10.6 Å². The first-order chi connectivity index (χ1) is 11.1. The molecule has 1 aromatic rings. The highest BCUT2D eigenvalue weighted by atomic mass is 16.2. The number of hydrogen-bond acceptors (Lipinski definition) is 4. The van der Waals surface area contributed by atoms with Crippen LogP contribution in [0.15, 0.2) is 24.3 Å². The third-order valence-corrected chi connectivity index (χ3v) is 4.08. The molecule has 6 heteroatoms. The Morgan fingerprint density at radius 1 is 1.09 bits per heavy atom. The zero-order valence-electron chi connectivity index (χ0n) is 14.0. The fraction of sp³-hybridized carbons (Fsp3) is 0.529. The van der Waals surface area contributed by atoms with Gasteiger partial charge in [0.15, 0.2) is 0 Å². The third kappa shape index (κ3) is 5.65. The highest BCUT2D eigenvalue weighted by Crippen LogP contribution is 2.14. The van der Waals surface area contributed by atoms with Gasteiger partial charge in [-0.2, -0.15) is 0 Å². The maximum Gasteiger partial charge on any atom is 0.243 e. The van der Waals surface area contributed by atoms with Crippen molar-refractivity contribution in [3.8, 4) is 0 Å². The molecule has 0 unspecified atom stereocenters. The molecule has 23 heavy (non-hydrogen) atoms. The number of likely N-dealkylation sites (N-methyl/N-ethyl adjacent to an activating group) is 1. The smallest absolute Gasteiger partial charge is 0.243 e. The van der Waals surface area contributed by atoms with Crippen LogP contribution in [0, 0.1) is 0 Å². The Morgan fingerprint density at radius 3 is 2.48 bits per heavy atom. The highest BCUT2D eigenvalue weighted by molar-refractivity contribution is 5.95. The number of carbonyl (C=O) groups is 2. The summed E-state index contributed by atoms with van der Waals surface area (Å²) in [6.45, 7) is 6.13. The van der Waals surface area contributed by atoms with Crippen LogP contribution in [-0.4, -0.2) is 67.9 Å². The first-order valence-electron chi connectivity index (χ1n) is 8.14.